The molecule has 4 rings (SSSR count). The van der Waals surface area contributed by atoms with E-state index in [9.17, 15) is 12.8 Å². The Labute approximate surface area is 167 Å². The SMILES string of the molecule is O=S(=O)(c1cccc(Cl)c1)N1CCC[C@H](c2nc(-c3ccc(F)cc3)no2)C1. The molecule has 0 radical (unpaired) electrons. The quantitative estimate of drug-likeness (QED) is 0.634. The molecule has 2 aromatic carbocycles. The fraction of sp³-hybridized carbons (Fsp3) is 0.263. The lowest BCUT2D eigenvalue weighted by Gasteiger charge is -2.30. The van der Waals surface area contributed by atoms with Crippen LogP contribution in [0.5, 0.6) is 0 Å². The van der Waals surface area contributed by atoms with Gasteiger partial charge in [0, 0.05) is 23.7 Å². The molecule has 1 aliphatic heterocycles. The van der Waals surface area contributed by atoms with Crippen molar-refractivity contribution in [2.24, 2.45) is 0 Å². The van der Waals surface area contributed by atoms with Crippen molar-refractivity contribution in [1.82, 2.24) is 14.4 Å². The Morgan fingerprint density at radius 3 is 2.71 bits per heavy atom. The lowest BCUT2D eigenvalue weighted by Crippen LogP contribution is -2.39. The van der Waals surface area contributed by atoms with Crippen LogP contribution in [-0.2, 0) is 10.0 Å². The molecule has 1 atom stereocenters. The van der Waals surface area contributed by atoms with Crippen molar-refractivity contribution in [1.29, 1.82) is 0 Å². The summed E-state index contributed by atoms with van der Waals surface area (Å²) in [5, 5.41) is 4.33. The van der Waals surface area contributed by atoms with Crippen LogP contribution < -0.4 is 0 Å². The summed E-state index contributed by atoms with van der Waals surface area (Å²) in [5.74, 6) is 0.182. The molecule has 1 fully saturated rings. The van der Waals surface area contributed by atoms with E-state index in [1.165, 1.54) is 28.6 Å². The fourth-order valence-corrected chi connectivity index (χ4v) is 5.08. The van der Waals surface area contributed by atoms with E-state index in [2.05, 4.69) is 10.1 Å². The third kappa shape index (κ3) is 3.80. The van der Waals surface area contributed by atoms with Gasteiger partial charge in [-0.05, 0) is 55.3 Å². The average molecular weight is 422 g/mol. The van der Waals surface area contributed by atoms with Crippen molar-refractivity contribution < 1.29 is 17.3 Å². The van der Waals surface area contributed by atoms with E-state index in [0.29, 0.717) is 35.3 Å². The predicted molar refractivity (Wildman–Crippen MR) is 102 cm³/mol. The van der Waals surface area contributed by atoms with Crippen molar-refractivity contribution in [3.05, 3.63) is 65.3 Å². The number of aromatic nitrogens is 2. The Balaban J connectivity index is 1.55. The number of rotatable bonds is 4. The first kappa shape index (κ1) is 19.0. The lowest BCUT2D eigenvalue weighted by atomic mass is 10.00. The third-order valence-corrected chi connectivity index (χ3v) is 6.81. The number of hydrogen-bond acceptors (Lipinski definition) is 5. The molecule has 0 spiro atoms. The summed E-state index contributed by atoms with van der Waals surface area (Å²) in [6, 6.07) is 12.0. The Kier molecular flexibility index (Phi) is 5.18. The van der Waals surface area contributed by atoms with Gasteiger partial charge in [-0.1, -0.05) is 22.8 Å². The third-order valence-electron chi connectivity index (χ3n) is 4.71. The van der Waals surface area contributed by atoms with Gasteiger partial charge in [-0.3, -0.25) is 0 Å². The second-order valence-electron chi connectivity index (χ2n) is 6.62. The van der Waals surface area contributed by atoms with Crippen LogP contribution in [0.2, 0.25) is 5.02 Å². The van der Waals surface area contributed by atoms with Gasteiger partial charge in [-0.25, -0.2) is 12.8 Å². The second kappa shape index (κ2) is 7.62. The molecule has 0 N–H and O–H groups in total. The lowest BCUT2D eigenvalue weighted by molar-refractivity contribution is 0.265. The second-order valence-corrected chi connectivity index (χ2v) is 9.00. The molecule has 3 aromatic rings. The molecule has 6 nitrogen and oxygen atoms in total. The Morgan fingerprint density at radius 2 is 1.96 bits per heavy atom. The highest BCUT2D eigenvalue weighted by molar-refractivity contribution is 7.89. The molecule has 0 amide bonds. The van der Waals surface area contributed by atoms with Crippen molar-refractivity contribution >= 4 is 21.6 Å². The van der Waals surface area contributed by atoms with E-state index >= 15 is 0 Å². The van der Waals surface area contributed by atoms with E-state index in [1.54, 1.807) is 24.3 Å². The highest BCUT2D eigenvalue weighted by atomic mass is 35.5. The van der Waals surface area contributed by atoms with Crippen LogP contribution in [0, 0.1) is 5.82 Å². The largest absolute Gasteiger partial charge is 0.339 e. The Hall–Kier alpha value is -2.29. The number of sulfonamides is 1. The van der Waals surface area contributed by atoms with Crippen molar-refractivity contribution in [2.75, 3.05) is 13.1 Å². The average Bonchev–Trinajstić information content (AvgIpc) is 3.19. The molecule has 146 valence electrons. The summed E-state index contributed by atoms with van der Waals surface area (Å²) < 4.78 is 45.8. The van der Waals surface area contributed by atoms with Gasteiger partial charge in [-0.15, -0.1) is 0 Å². The molecule has 0 aliphatic carbocycles. The molecule has 1 aromatic heterocycles. The summed E-state index contributed by atoms with van der Waals surface area (Å²) in [7, 11) is -3.66. The molecule has 0 bridgehead atoms. The summed E-state index contributed by atoms with van der Waals surface area (Å²) in [4.78, 5) is 4.56. The Morgan fingerprint density at radius 1 is 1.18 bits per heavy atom. The van der Waals surface area contributed by atoms with E-state index in [1.807, 2.05) is 0 Å². The monoisotopic (exact) mass is 421 g/mol. The zero-order valence-electron chi connectivity index (χ0n) is 14.8. The van der Waals surface area contributed by atoms with Crippen molar-refractivity contribution in [3.63, 3.8) is 0 Å². The molecule has 9 heteroatoms. The normalized spacial score (nSPS) is 18.3. The predicted octanol–water partition coefficient (Wildman–Crippen LogP) is 4.10. The van der Waals surface area contributed by atoms with Gasteiger partial charge in [0.1, 0.15) is 5.82 Å². The topological polar surface area (TPSA) is 76.3 Å². The van der Waals surface area contributed by atoms with Crippen LogP contribution in [0.15, 0.2) is 57.9 Å². The van der Waals surface area contributed by atoms with Crippen LogP contribution in [0.1, 0.15) is 24.7 Å². The highest BCUT2D eigenvalue weighted by Gasteiger charge is 2.33. The first-order valence-corrected chi connectivity index (χ1v) is 10.6. The zero-order chi connectivity index (χ0) is 19.7. The van der Waals surface area contributed by atoms with E-state index in [4.69, 9.17) is 16.1 Å². The summed E-state index contributed by atoms with van der Waals surface area (Å²) in [5.41, 5.74) is 0.635. The minimum atomic E-state index is -3.66. The minimum absolute atomic E-state index is 0.165. The number of halogens is 2. The van der Waals surface area contributed by atoms with Gasteiger partial charge >= 0.3 is 0 Å². The molecular weight excluding hydrogens is 405 g/mol. The van der Waals surface area contributed by atoms with Crippen LogP contribution in [-0.4, -0.2) is 36.0 Å². The summed E-state index contributed by atoms with van der Waals surface area (Å²) >= 11 is 5.95. The highest BCUT2D eigenvalue weighted by Crippen LogP contribution is 2.31. The number of nitrogens with zero attached hydrogens (tertiary/aromatic N) is 3. The molecule has 1 aliphatic rings. The van der Waals surface area contributed by atoms with E-state index < -0.39 is 10.0 Å². The van der Waals surface area contributed by atoms with Gasteiger partial charge in [0.15, 0.2) is 0 Å². The van der Waals surface area contributed by atoms with Crippen molar-refractivity contribution in [2.45, 2.75) is 23.7 Å². The molecule has 1 saturated heterocycles. The number of hydrogen-bond donors (Lipinski definition) is 0. The number of piperidine rings is 1. The smallest absolute Gasteiger partial charge is 0.243 e. The van der Waals surface area contributed by atoms with Crippen LogP contribution in [0.25, 0.3) is 11.4 Å². The van der Waals surface area contributed by atoms with Gasteiger partial charge in [0.2, 0.25) is 21.7 Å². The maximum Gasteiger partial charge on any atom is 0.243 e. The maximum atomic E-state index is 13.1. The number of benzene rings is 2. The summed E-state index contributed by atoms with van der Waals surface area (Å²) in [6.07, 6.45) is 1.42. The zero-order valence-corrected chi connectivity index (χ0v) is 16.3. The Bertz CT molecular complexity index is 1090. The van der Waals surface area contributed by atoms with E-state index in [0.717, 1.165) is 6.42 Å². The van der Waals surface area contributed by atoms with Gasteiger partial charge in [0.05, 0.1) is 10.8 Å². The van der Waals surface area contributed by atoms with Gasteiger partial charge in [0.25, 0.3) is 0 Å². The summed E-state index contributed by atoms with van der Waals surface area (Å²) in [6.45, 7) is 0.671. The molecule has 0 saturated carbocycles. The maximum absolute atomic E-state index is 13.1. The van der Waals surface area contributed by atoms with Crippen LogP contribution in [0.4, 0.5) is 4.39 Å². The molecular formula is C19H17ClFN3O3S. The van der Waals surface area contributed by atoms with Gasteiger partial charge in [-0.2, -0.15) is 9.29 Å². The van der Waals surface area contributed by atoms with Crippen molar-refractivity contribution in [3.8, 4) is 11.4 Å². The standard InChI is InChI=1S/C19H17ClFN3O3S/c20-15-4-1-5-17(11-15)28(25,26)24-10-2-3-14(12-24)19-22-18(23-27-19)13-6-8-16(21)9-7-13/h1,4-9,11,14H,2-3,10,12H2/t14-/m0/s1. The van der Waals surface area contributed by atoms with Crippen LogP contribution in [0.3, 0.4) is 0 Å². The van der Waals surface area contributed by atoms with Crippen LogP contribution >= 0.6 is 11.6 Å². The van der Waals surface area contributed by atoms with Gasteiger partial charge < -0.3 is 4.52 Å². The first-order chi connectivity index (χ1) is 13.4. The minimum Gasteiger partial charge on any atom is -0.339 e. The molecule has 0 unspecified atom stereocenters. The fourth-order valence-electron chi connectivity index (χ4n) is 3.26. The molecule has 28 heavy (non-hydrogen) atoms. The first-order valence-electron chi connectivity index (χ1n) is 8.79. The molecule has 2 heterocycles. The van der Waals surface area contributed by atoms with E-state index in [-0.39, 0.29) is 23.2 Å².